The summed E-state index contributed by atoms with van der Waals surface area (Å²) in [6.07, 6.45) is 65.3. The molecule has 0 aliphatic heterocycles. The molecule has 0 saturated heterocycles. The van der Waals surface area contributed by atoms with E-state index in [0.717, 1.165) is 163 Å². The zero-order chi connectivity index (χ0) is 75.2. The van der Waals surface area contributed by atoms with Crippen LogP contribution in [0.4, 0.5) is 0 Å². The quantitative estimate of drug-likeness (QED) is 0.0321. The van der Waals surface area contributed by atoms with Gasteiger partial charge in [0.15, 0.2) is 11.6 Å². The van der Waals surface area contributed by atoms with Crippen molar-refractivity contribution in [3.05, 3.63) is 278 Å². The van der Waals surface area contributed by atoms with Gasteiger partial charge < -0.3 is 16.9 Å². The van der Waals surface area contributed by atoms with Gasteiger partial charge in [-0.25, -0.2) is 0 Å². The van der Waals surface area contributed by atoms with Crippen molar-refractivity contribution in [2.45, 2.75) is 306 Å². The van der Waals surface area contributed by atoms with Gasteiger partial charge in [-0.1, -0.05) is 252 Å². The molecule has 0 saturated carbocycles. The minimum atomic E-state index is -0.0228. The molecule has 1 aliphatic carbocycles. The van der Waals surface area contributed by atoms with Crippen LogP contribution >= 0.6 is 0 Å². The molecule has 0 unspecified atom stereocenters. The summed E-state index contributed by atoms with van der Waals surface area (Å²) >= 11 is 0. The minimum absolute atomic E-state index is 0. The Kier molecular flexibility index (Phi) is 94.7. The third-order valence-electron chi connectivity index (χ3n) is 19.5. The summed E-state index contributed by atoms with van der Waals surface area (Å²) in [6.45, 7) is 48.4. The second-order valence-electron chi connectivity index (χ2n) is 29.9. The Bertz CT molecular complexity index is 3700. The van der Waals surface area contributed by atoms with Crippen LogP contribution in [0.5, 0.6) is 11.5 Å². The first-order valence-electron chi connectivity index (χ1n) is 38.9. The van der Waals surface area contributed by atoms with Crippen LogP contribution in [0, 0.1) is 14.4 Å². The van der Waals surface area contributed by atoms with Gasteiger partial charge in [-0.2, -0.15) is 0 Å². The summed E-state index contributed by atoms with van der Waals surface area (Å²) in [4.78, 5) is 25.7. The summed E-state index contributed by atoms with van der Waals surface area (Å²) in [5.41, 5.74) is 25.0. The van der Waals surface area contributed by atoms with E-state index in [1.807, 2.05) is 18.2 Å². The SMILES string of the molecule is C.C.C=CCOc1c(C)c(C/C=C(\C)CC/C=C(\C)CC/C=C(\C)CC/C=C(\C)CC/C=C(\C)CC/C=C(\C)CCC=C(C)C)c(OCC=C)c2ccccc12.CC(C)=CCC/C(C)=C/CC/C(C)=C/CC/C(C)=C/CC/C(C)=C/CC/C(C)=C/CC/C(C)=C/CC1=C(C)C(=O)c2ccccc2C1=O.[CH3-].[K+].[K+].[K+].[K+].[K+].[K+].[K+]. The Morgan fingerprint density at radius 1 is 0.312 bits per heavy atom. The largest absolute Gasteiger partial charge is 1.00 e. The molecule has 578 valence electrons. The van der Waals surface area contributed by atoms with Crippen LogP contribution in [0.25, 0.3) is 10.8 Å². The van der Waals surface area contributed by atoms with Crippen LogP contribution in [0.1, 0.15) is 325 Å². The van der Waals surface area contributed by atoms with E-state index in [4.69, 9.17) is 9.47 Å². The van der Waals surface area contributed by atoms with Gasteiger partial charge in [-0.15, -0.1) is 0 Å². The molecule has 0 spiro atoms. The summed E-state index contributed by atoms with van der Waals surface area (Å²) in [5.74, 6) is 1.81. The van der Waals surface area contributed by atoms with Crippen molar-refractivity contribution in [3.8, 4) is 11.5 Å². The van der Waals surface area contributed by atoms with Crippen molar-refractivity contribution in [1.29, 1.82) is 0 Å². The van der Waals surface area contributed by atoms with Gasteiger partial charge in [0.05, 0.1) is 0 Å². The van der Waals surface area contributed by atoms with E-state index in [2.05, 4.69) is 234 Å². The van der Waals surface area contributed by atoms with E-state index in [1.165, 1.54) is 109 Å². The van der Waals surface area contributed by atoms with Gasteiger partial charge >= 0.3 is 360 Å². The Balaban J connectivity index is -0.000000297. The van der Waals surface area contributed by atoms with Crippen molar-refractivity contribution in [1.82, 2.24) is 0 Å². The number of hydrogen-bond donors (Lipinski definition) is 0. The minimum Gasteiger partial charge on any atom is -0.489 e. The predicted molar refractivity (Wildman–Crippen MR) is 471 cm³/mol. The molecule has 0 N–H and O–H groups in total. The van der Waals surface area contributed by atoms with E-state index in [1.54, 1.807) is 31.2 Å². The molecule has 3 aromatic carbocycles. The summed E-state index contributed by atoms with van der Waals surface area (Å²) in [7, 11) is 0. The Hall–Kier alpha value is 3.89. The number of benzene rings is 3. The van der Waals surface area contributed by atoms with Gasteiger partial charge in [0.1, 0.15) is 24.7 Å². The summed E-state index contributed by atoms with van der Waals surface area (Å²) in [5, 5.41) is 2.14. The number of carbonyl (C=O) groups excluding carboxylic acids is 2. The van der Waals surface area contributed by atoms with E-state index >= 15 is 0 Å². The molecule has 4 rings (SSSR count). The molecule has 0 radical (unpaired) electrons. The second kappa shape index (κ2) is 80.7. The first-order valence-corrected chi connectivity index (χ1v) is 38.9. The number of fused-ring (bicyclic) bond motifs is 2. The van der Waals surface area contributed by atoms with E-state index < -0.39 is 0 Å². The third kappa shape index (κ3) is 59.7. The summed E-state index contributed by atoms with van der Waals surface area (Å²) in [6, 6.07) is 15.5. The maximum absolute atomic E-state index is 13.0. The molecule has 1 aliphatic rings. The molecule has 0 atom stereocenters. The van der Waals surface area contributed by atoms with E-state index in [-0.39, 0.29) is 394 Å². The zero-order valence-electron chi connectivity index (χ0n) is 75.7. The Labute approximate surface area is 988 Å². The number of rotatable bonds is 46. The van der Waals surface area contributed by atoms with Crippen LogP contribution in [0.15, 0.2) is 248 Å². The van der Waals surface area contributed by atoms with Crippen molar-refractivity contribution in [2.24, 2.45) is 0 Å². The number of carbonyl (C=O) groups is 2. The van der Waals surface area contributed by atoms with Crippen LogP contribution in [-0.2, 0) is 6.42 Å². The molecule has 0 aromatic heterocycles. The molecular formula is C101H149K7O4+6. The first kappa shape index (κ1) is 131. The van der Waals surface area contributed by atoms with Crippen LogP contribution in [0.2, 0.25) is 0 Å². The van der Waals surface area contributed by atoms with E-state index in [0.29, 0.717) is 41.9 Å². The van der Waals surface area contributed by atoms with Gasteiger partial charge in [-0.3, -0.25) is 9.59 Å². The Morgan fingerprint density at radius 2 is 0.536 bits per heavy atom. The molecular weight excluding hydrogens is 1550 g/mol. The molecule has 3 aromatic rings. The van der Waals surface area contributed by atoms with Crippen molar-refractivity contribution < 1.29 is 379 Å². The monoisotopic (exact) mass is 1700 g/mol. The van der Waals surface area contributed by atoms with Gasteiger partial charge in [-0.05, 0) is 297 Å². The predicted octanol–water partition coefficient (Wildman–Crippen LogP) is 11.0. The number of ketones is 2. The fourth-order valence-corrected chi connectivity index (χ4v) is 12.6. The first-order chi connectivity index (χ1) is 48.8. The van der Waals surface area contributed by atoms with Crippen LogP contribution in [0.3, 0.4) is 0 Å². The average Bonchev–Trinajstić information content (AvgIpc) is 0.778. The number of Topliss-reactive ketones (excluding diaryl/α,β-unsaturated/α-hetero) is 2. The topological polar surface area (TPSA) is 52.6 Å². The maximum Gasteiger partial charge on any atom is 1.00 e. The number of allylic oxidation sites excluding steroid dienone is 30. The fraction of sp³-hybridized carbons (Fsp3) is 0.475. The van der Waals surface area contributed by atoms with Gasteiger partial charge in [0.2, 0.25) is 0 Å². The van der Waals surface area contributed by atoms with Crippen LogP contribution < -0.4 is 369 Å². The number of ether oxygens (including phenoxy) is 2. The maximum atomic E-state index is 13.0. The summed E-state index contributed by atoms with van der Waals surface area (Å²) < 4.78 is 12.5. The fourth-order valence-electron chi connectivity index (χ4n) is 12.6. The number of hydrogen-bond acceptors (Lipinski definition) is 4. The van der Waals surface area contributed by atoms with Crippen LogP contribution in [-0.4, -0.2) is 24.8 Å². The molecule has 112 heavy (non-hydrogen) atoms. The molecule has 11 heteroatoms. The second-order valence-corrected chi connectivity index (χ2v) is 29.9. The molecule has 0 heterocycles. The molecule has 0 bridgehead atoms. The average molecular weight is 1700 g/mol. The standard InChI is InChI=1S/C52H74O2.C46H64O2.2CH4.CH3.7K/c1-12-38-53-51-47(11)48(52(54-39-13-2)50-35-15-14-34-49(50)51)37-36-46(10)33-21-32-45(9)31-20-30-44(8)29-19-28-43(7)27-18-26-42(6)25-17-24-41(5)23-16-22-40(3)4;1-34(2)18-12-19-35(3)20-13-21-36(4)22-14-23-37(5)24-15-25-38(6)26-16-27-39(7)28-17-29-40(8)32-33-42-41(9)45(47)43-30-10-11-31-44(43)46(42)48;;;;;;;;;;/h12-15,22,24,26,28,30,32,34-36H,1-2,16-21,23,25,27,29,31,33,37-39H2,3-11H3;10-11,18,20,22,24,26,28,30-32H,12-17,19,21,23,25,27,29,33H2,1-9H3;2*1H4;1H3;;;;;;;/q;;;;-1;7*+1/b41-24+,42-26+,43-28+,44-30+,45-32+,46-36+;35-20+,36-22+,37-24+,38-26+,39-28+,40-32+;;;;;;;;;;. The van der Waals surface area contributed by atoms with Crippen molar-refractivity contribution in [2.75, 3.05) is 13.2 Å². The zero-order valence-corrected chi connectivity index (χ0v) is 97.6. The molecule has 4 nitrogen and oxygen atoms in total. The normalized spacial score (nSPS) is 13.0. The molecule has 0 fully saturated rings. The molecule has 0 amide bonds. The van der Waals surface area contributed by atoms with Gasteiger partial charge in [0, 0.05) is 38.6 Å². The van der Waals surface area contributed by atoms with Gasteiger partial charge in [0.25, 0.3) is 0 Å². The Morgan fingerprint density at radius 3 is 0.804 bits per heavy atom. The van der Waals surface area contributed by atoms with Crippen molar-refractivity contribution >= 4 is 22.3 Å². The third-order valence-corrected chi connectivity index (χ3v) is 19.5. The smallest absolute Gasteiger partial charge is 0.489 e. The van der Waals surface area contributed by atoms with Crippen molar-refractivity contribution in [3.63, 3.8) is 0 Å². The van der Waals surface area contributed by atoms with E-state index in [9.17, 15) is 9.59 Å².